The van der Waals surface area contributed by atoms with Gasteiger partial charge in [0.25, 0.3) is 0 Å². The number of amides is 1. The number of fused-ring (bicyclic) bond motifs is 3. The van der Waals surface area contributed by atoms with Gasteiger partial charge in [-0.15, -0.1) is 0 Å². The molecule has 0 aliphatic heterocycles. The quantitative estimate of drug-likeness (QED) is 0.292. The van der Waals surface area contributed by atoms with E-state index in [1.807, 2.05) is 0 Å². The molecule has 31 heavy (non-hydrogen) atoms. The Hall–Kier alpha value is -3.11. The number of nitrogens with one attached hydrogen (secondary N) is 1. The van der Waals surface area contributed by atoms with Crippen LogP contribution in [0.1, 0.15) is 34.3 Å². The monoisotopic (exact) mass is 430 g/mol. The smallest absolute Gasteiger partial charge is 0.235 e. The van der Waals surface area contributed by atoms with Gasteiger partial charge in [0, 0.05) is 30.6 Å². The number of benzene rings is 1. The normalized spacial score (nSPS) is 32.2. The number of aromatic hydroxyl groups is 1. The summed E-state index contributed by atoms with van der Waals surface area (Å²) in [7, 11) is 1.61. The molecule has 0 heterocycles. The van der Waals surface area contributed by atoms with Crippen molar-refractivity contribution >= 4 is 34.7 Å². The van der Waals surface area contributed by atoms with E-state index >= 15 is 0 Å². The van der Waals surface area contributed by atoms with E-state index in [9.17, 15) is 39.3 Å². The first-order chi connectivity index (χ1) is 14.6. The second-order valence-corrected chi connectivity index (χ2v) is 8.43. The maximum atomic E-state index is 13.4. The van der Waals surface area contributed by atoms with Crippen LogP contribution in [0.25, 0.3) is 0 Å². The molecule has 1 amide bonds. The summed E-state index contributed by atoms with van der Waals surface area (Å²) in [4.78, 5) is 63.5. The number of rotatable bonds is 3. The van der Waals surface area contributed by atoms with Gasteiger partial charge in [-0.05, 0) is 30.4 Å². The van der Waals surface area contributed by atoms with E-state index in [0.29, 0.717) is 11.3 Å². The summed E-state index contributed by atoms with van der Waals surface area (Å²) >= 11 is 0. The zero-order valence-electron chi connectivity index (χ0n) is 16.7. The van der Waals surface area contributed by atoms with Crippen LogP contribution in [0.2, 0.25) is 0 Å². The number of hydrogen-bond acceptors (Lipinski definition) is 9. The predicted molar refractivity (Wildman–Crippen MR) is 104 cm³/mol. The molecule has 10 nitrogen and oxygen atoms in total. The molecule has 1 aromatic rings. The van der Waals surface area contributed by atoms with Gasteiger partial charge in [-0.25, -0.2) is 0 Å². The lowest BCUT2D eigenvalue weighted by Crippen LogP contribution is -2.68. The minimum Gasteiger partial charge on any atom is -0.507 e. The third-order valence-corrected chi connectivity index (χ3v) is 6.92. The van der Waals surface area contributed by atoms with Crippen LogP contribution in [-0.4, -0.2) is 57.0 Å². The van der Waals surface area contributed by atoms with Crippen LogP contribution in [0.15, 0.2) is 6.07 Å². The van der Waals surface area contributed by atoms with Crippen LogP contribution in [-0.2, 0) is 32.2 Å². The lowest BCUT2D eigenvalue weighted by Gasteiger charge is -2.48. The number of primary amides is 1. The summed E-state index contributed by atoms with van der Waals surface area (Å²) in [6.07, 6.45) is -0.159. The summed E-state index contributed by atoms with van der Waals surface area (Å²) in [6.45, 7) is -0.546. The minimum atomic E-state index is -2.67. The molecule has 2 saturated carbocycles. The van der Waals surface area contributed by atoms with Crippen molar-refractivity contribution in [3.8, 4) is 5.75 Å². The Labute approximate surface area is 176 Å². The predicted octanol–water partition coefficient (Wildman–Crippen LogP) is -1.14. The molecule has 10 heteroatoms. The number of anilines is 1. The van der Waals surface area contributed by atoms with Crippen molar-refractivity contribution < 1.29 is 39.3 Å². The van der Waals surface area contributed by atoms with E-state index in [1.54, 1.807) is 7.05 Å². The van der Waals surface area contributed by atoms with E-state index in [4.69, 9.17) is 5.73 Å². The number of aliphatic hydroxyl groups is 2. The number of aliphatic hydroxyl groups excluding tert-OH is 1. The number of ketones is 4. The van der Waals surface area contributed by atoms with Gasteiger partial charge in [-0.2, -0.15) is 0 Å². The van der Waals surface area contributed by atoms with Crippen molar-refractivity contribution in [2.75, 3.05) is 12.4 Å². The second kappa shape index (κ2) is 6.96. The molecule has 0 radical (unpaired) electrons. The number of Topliss-reactive ketones (excluding diaryl/α,β-unsaturated/α-hetero) is 4. The summed E-state index contributed by atoms with van der Waals surface area (Å²) in [5.74, 6) is -10.6. The Kier molecular flexibility index (Phi) is 4.74. The molecule has 3 aliphatic rings. The number of carbonyl (C=O) groups is 5. The van der Waals surface area contributed by atoms with Gasteiger partial charge in [0.2, 0.25) is 5.91 Å². The zero-order valence-corrected chi connectivity index (χ0v) is 16.7. The van der Waals surface area contributed by atoms with Crippen LogP contribution in [0, 0.1) is 23.7 Å². The standard InChI is InChI=1S/C21H22N2O8/c1-23-11-4-8(6-24)16(26)14-10(11)3-7-2-9-5-12(25)15(20(22)30)19(29)21(9,31)18(28)13(7)17(14)27/h4,7,9,13,15,23-24,26,31H,2-3,5-6H2,1H3,(H2,22,30)/t7-,9+,13?,15?,21+/m1/s1. The van der Waals surface area contributed by atoms with Crippen LogP contribution >= 0.6 is 0 Å². The van der Waals surface area contributed by atoms with Gasteiger partial charge < -0.3 is 26.4 Å². The van der Waals surface area contributed by atoms with Gasteiger partial charge in [0.15, 0.2) is 34.7 Å². The fraction of sp³-hybridized carbons (Fsp3) is 0.476. The highest BCUT2D eigenvalue weighted by molar-refractivity contribution is 6.31. The van der Waals surface area contributed by atoms with Gasteiger partial charge in [0.1, 0.15) is 5.75 Å². The third-order valence-electron chi connectivity index (χ3n) is 6.92. The third kappa shape index (κ3) is 2.68. The van der Waals surface area contributed by atoms with Crippen LogP contribution < -0.4 is 11.1 Å². The largest absolute Gasteiger partial charge is 0.507 e. The molecule has 0 saturated heterocycles. The Morgan fingerprint density at radius 1 is 1.23 bits per heavy atom. The van der Waals surface area contributed by atoms with Crippen LogP contribution in [0.3, 0.4) is 0 Å². The summed E-state index contributed by atoms with van der Waals surface area (Å²) in [5, 5.41) is 34.1. The van der Waals surface area contributed by atoms with Crippen LogP contribution in [0.5, 0.6) is 5.75 Å². The zero-order chi connectivity index (χ0) is 22.8. The second-order valence-electron chi connectivity index (χ2n) is 8.43. The van der Waals surface area contributed by atoms with Crippen molar-refractivity contribution in [2.24, 2.45) is 29.4 Å². The number of hydrogen-bond donors (Lipinski definition) is 5. The first-order valence-electron chi connectivity index (χ1n) is 9.91. The average molecular weight is 430 g/mol. The number of nitrogens with two attached hydrogens (primary N) is 1. The van der Waals surface area contributed by atoms with E-state index in [2.05, 4.69) is 5.32 Å². The van der Waals surface area contributed by atoms with Crippen molar-refractivity contribution in [3.05, 3.63) is 22.8 Å². The van der Waals surface area contributed by atoms with Crippen LogP contribution in [0.4, 0.5) is 5.69 Å². The fourth-order valence-corrected chi connectivity index (χ4v) is 5.43. The molecule has 2 fully saturated rings. The molecule has 2 unspecified atom stereocenters. The Morgan fingerprint density at radius 3 is 2.48 bits per heavy atom. The lowest BCUT2D eigenvalue weighted by atomic mass is 9.53. The lowest BCUT2D eigenvalue weighted by molar-refractivity contribution is -0.175. The Bertz CT molecular complexity index is 1060. The maximum Gasteiger partial charge on any atom is 0.235 e. The molecule has 0 bridgehead atoms. The van der Waals surface area contributed by atoms with Gasteiger partial charge >= 0.3 is 0 Å². The summed E-state index contributed by atoms with van der Waals surface area (Å²) in [6, 6.07) is 1.51. The highest BCUT2D eigenvalue weighted by atomic mass is 16.3. The first kappa shape index (κ1) is 21.1. The molecular weight excluding hydrogens is 408 g/mol. The van der Waals surface area contributed by atoms with Gasteiger partial charge in [0.05, 0.1) is 18.1 Å². The molecule has 6 N–H and O–H groups in total. The van der Waals surface area contributed by atoms with E-state index in [-0.39, 0.29) is 30.4 Å². The number of carbonyl (C=O) groups excluding carboxylic acids is 5. The molecule has 0 aromatic heterocycles. The van der Waals surface area contributed by atoms with Crippen molar-refractivity contribution in [1.82, 2.24) is 0 Å². The molecule has 164 valence electrons. The molecular formula is C21H22N2O8. The highest BCUT2D eigenvalue weighted by Gasteiger charge is 2.66. The number of phenols is 1. The van der Waals surface area contributed by atoms with Crippen molar-refractivity contribution in [1.29, 1.82) is 0 Å². The SMILES string of the molecule is CNc1cc(CO)c(O)c2c1C[C@H]1C[C@H]3CC(=O)C(C(N)=O)C(=O)[C@@]3(O)C(=O)C1C2=O. The summed E-state index contributed by atoms with van der Waals surface area (Å²) < 4.78 is 0. The topological polar surface area (TPSA) is 184 Å². The van der Waals surface area contributed by atoms with E-state index < -0.39 is 70.7 Å². The maximum absolute atomic E-state index is 13.4. The van der Waals surface area contributed by atoms with E-state index in [0.717, 1.165) is 0 Å². The fourth-order valence-electron chi connectivity index (χ4n) is 5.43. The van der Waals surface area contributed by atoms with Crippen molar-refractivity contribution in [3.63, 3.8) is 0 Å². The minimum absolute atomic E-state index is 0.0344. The highest BCUT2D eigenvalue weighted by Crippen LogP contribution is 2.51. The van der Waals surface area contributed by atoms with Gasteiger partial charge in [-0.3, -0.25) is 24.0 Å². The van der Waals surface area contributed by atoms with E-state index in [1.165, 1.54) is 6.07 Å². The molecule has 0 spiro atoms. The van der Waals surface area contributed by atoms with Gasteiger partial charge in [-0.1, -0.05) is 0 Å². The molecule has 4 rings (SSSR count). The Morgan fingerprint density at radius 2 is 1.90 bits per heavy atom. The summed E-state index contributed by atoms with van der Waals surface area (Å²) in [5.41, 5.74) is 3.39. The molecule has 3 aliphatic carbocycles. The molecule has 1 aromatic carbocycles. The molecule has 5 atom stereocenters. The average Bonchev–Trinajstić information content (AvgIpc) is 2.70. The Balaban J connectivity index is 1.84. The van der Waals surface area contributed by atoms with Crippen molar-refractivity contribution in [2.45, 2.75) is 31.5 Å². The first-order valence-corrected chi connectivity index (χ1v) is 9.91.